The summed E-state index contributed by atoms with van der Waals surface area (Å²) < 4.78 is 66.6. The number of halogens is 3. The van der Waals surface area contributed by atoms with E-state index >= 15 is 9.18 Å². The fourth-order valence-electron chi connectivity index (χ4n) is 11.3. The van der Waals surface area contributed by atoms with E-state index in [4.69, 9.17) is 19.2 Å². The molecule has 1 amide bonds. The molecule has 11 rings (SSSR count). The van der Waals surface area contributed by atoms with Crippen LogP contribution in [0.25, 0.3) is 5.52 Å². The molecule has 396 valence electrons. The van der Waals surface area contributed by atoms with Gasteiger partial charge in [0, 0.05) is 11.6 Å². The normalized spacial score (nSPS) is 19.8. The number of aromatic nitrogens is 7. The number of rotatable bonds is 19. The van der Waals surface area contributed by atoms with E-state index in [-0.39, 0.29) is 50.7 Å². The van der Waals surface area contributed by atoms with Crippen molar-refractivity contribution in [2.45, 2.75) is 74.6 Å². The van der Waals surface area contributed by atoms with Gasteiger partial charge in [-0.1, -0.05) is 6.07 Å². The molecule has 8 aromatic rings. The summed E-state index contributed by atoms with van der Waals surface area (Å²) in [6.07, 6.45) is 9.74. The third-order valence-corrected chi connectivity index (χ3v) is 24.3. The van der Waals surface area contributed by atoms with Gasteiger partial charge >= 0.3 is 338 Å². The molecule has 4 atom stereocenters. The minimum atomic E-state index is -3.57. The van der Waals surface area contributed by atoms with Gasteiger partial charge in [-0.3, -0.25) is 0 Å². The molecule has 3 aliphatic heterocycles. The van der Waals surface area contributed by atoms with Gasteiger partial charge in [0.1, 0.15) is 36.5 Å². The van der Waals surface area contributed by atoms with Crippen LogP contribution in [-0.4, -0.2) is 137 Å². The molecule has 16 nitrogen and oxygen atoms in total. The first-order valence-electron chi connectivity index (χ1n) is 26.2. The monoisotopic (exact) mass is 1150 g/mol. The molecule has 0 radical (unpaired) electrons. The van der Waals surface area contributed by atoms with Gasteiger partial charge in [-0.15, -0.1) is 0 Å². The van der Waals surface area contributed by atoms with Crippen molar-refractivity contribution in [2.24, 2.45) is 0 Å². The zero-order valence-corrected chi connectivity index (χ0v) is 46.5. The second-order valence-electron chi connectivity index (χ2n) is 20.2. The van der Waals surface area contributed by atoms with Crippen molar-refractivity contribution in [2.75, 3.05) is 61.1 Å². The standard InChI is InChI=1S/C29H28F2N5O3.C28H32FN7O.In/c30-22-6-11-26(27(31)16-22)29(18-36-21-32-20-33-36)19-38-28(39-29)17-37-25-9-7-24(8-10-25)35-14-12-34(13-15-35)23-4-2-1-3-5-23;1-4-34(17-22-8-11-30-12-9-22)18-24-10-13-36-27(24)28(32-19-33-36)31-16-26(35(20-37)21(2)3)15-23-6-5-7-25(29)14-23;/h2-11,16,20-21,28H,12-15,17-19H2;5-14,16,19,21,26H,4,15,17-18H2,1-3H3,(H,31,32,33);/t28-,29+;;/m0../s1. The molecule has 0 aliphatic carbocycles. The number of piperazine rings is 1. The number of hydrogen-bond donors (Lipinski definition) is 1. The number of ether oxygens (including phenoxy) is 3. The van der Waals surface area contributed by atoms with E-state index < -0.39 is 45.0 Å². The van der Waals surface area contributed by atoms with Crippen molar-refractivity contribution in [3.63, 3.8) is 0 Å². The van der Waals surface area contributed by atoms with Crippen LogP contribution in [0.4, 0.5) is 35.2 Å². The molecule has 0 spiro atoms. The first-order chi connectivity index (χ1) is 37.5. The fourth-order valence-corrected chi connectivity index (χ4v) is 21.3. The molecule has 3 aliphatic rings. The number of carbonyl (C=O) groups excluding carboxylic acids is 1. The van der Waals surface area contributed by atoms with E-state index in [1.807, 2.05) is 65.6 Å². The summed E-state index contributed by atoms with van der Waals surface area (Å²) in [7, 11) is 0. The van der Waals surface area contributed by atoms with Gasteiger partial charge in [0.15, 0.2) is 6.29 Å². The Balaban J connectivity index is 0.766. The van der Waals surface area contributed by atoms with E-state index in [2.05, 4.69) is 96.2 Å². The second-order valence-corrected chi connectivity index (χ2v) is 28.3. The zero-order valence-electron chi connectivity index (χ0n) is 43.2. The Morgan fingerprint density at radius 1 is 0.831 bits per heavy atom. The number of nitrogens with one attached hydrogen (secondary N) is 1. The first kappa shape index (κ1) is 52.1. The van der Waals surface area contributed by atoms with Crippen LogP contribution < -0.4 is 23.2 Å². The third kappa shape index (κ3) is 11.4. The van der Waals surface area contributed by atoms with Crippen LogP contribution in [-0.2, 0) is 41.1 Å². The van der Waals surface area contributed by atoms with Gasteiger partial charge in [-0.05, 0) is 6.07 Å². The van der Waals surface area contributed by atoms with Crippen molar-refractivity contribution in [3.05, 3.63) is 186 Å². The van der Waals surface area contributed by atoms with Gasteiger partial charge in [0.05, 0.1) is 13.2 Å². The topological polar surface area (TPSA) is 144 Å². The van der Waals surface area contributed by atoms with Crippen LogP contribution in [0.2, 0.25) is 0 Å². The van der Waals surface area contributed by atoms with Gasteiger partial charge in [0.2, 0.25) is 0 Å². The fraction of sp³-hybridized carbons (Fsp3) is 0.333. The van der Waals surface area contributed by atoms with E-state index in [0.717, 1.165) is 76.7 Å². The number of amides is 1. The molecular formula is C57H60F3InN12O4. The molecule has 4 aromatic heterocycles. The molecule has 0 bridgehead atoms. The molecule has 1 N–H and O–H groups in total. The molecule has 3 fully saturated rings. The maximum atomic E-state index is 15.1. The molecule has 2 unspecified atom stereocenters. The Labute approximate surface area is 452 Å². The minimum absolute atomic E-state index is 0.00760. The van der Waals surface area contributed by atoms with Crippen LogP contribution in [0.1, 0.15) is 43.0 Å². The van der Waals surface area contributed by atoms with E-state index in [9.17, 15) is 8.78 Å². The third-order valence-electron chi connectivity index (χ3n) is 15.0. The van der Waals surface area contributed by atoms with Gasteiger partial charge in [0.25, 0.3) is 0 Å². The van der Waals surface area contributed by atoms with Crippen LogP contribution in [0.5, 0.6) is 5.75 Å². The van der Waals surface area contributed by atoms with Crippen LogP contribution in [0.15, 0.2) is 147 Å². The Morgan fingerprint density at radius 3 is 2.26 bits per heavy atom. The number of nitrogens with zero attached hydrogens (tertiary/aromatic N) is 11. The van der Waals surface area contributed by atoms with Gasteiger partial charge in [-0.2, -0.15) is 5.10 Å². The quantitative estimate of drug-likeness (QED) is 0.0851. The summed E-state index contributed by atoms with van der Waals surface area (Å²) in [5.41, 5.74) is 5.03. The zero-order chi connectivity index (χ0) is 53.0. The average Bonchev–Trinajstić information content (AvgIpc) is 4.40. The molecular weight excluding hydrogens is 1090 g/mol. The number of fused-ring (bicyclic) bond motifs is 1. The molecule has 7 heterocycles. The average molecular weight is 1150 g/mol. The summed E-state index contributed by atoms with van der Waals surface area (Å²) in [5.74, 6) is -0.412. The summed E-state index contributed by atoms with van der Waals surface area (Å²) in [5, 5.41) is 12.7. The van der Waals surface area contributed by atoms with Crippen molar-refractivity contribution in [1.82, 2.24) is 44.1 Å². The predicted octanol–water partition coefficient (Wildman–Crippen LogP) is 7.59. The van der Waals surface area contributed by atoms with Crippen molar-refractivity contribution in [1.29, 1.82) is 0 Å². The van der Waals surface area contributed by atoms with E-state index in [1.165, 1.54) is 41.1 Å². The Morgan fingerprint density at radius 2 is 1.57 bits per heavy atom. The van der Waals surface area contributed by atoms with Crippen molar-refractivity contribution < 1.29 is 32.2 Å². The number of benzene rings is 4. The number of anilines is 3. The molecule has 20 heteroatoms. The molecule has 77 heavy (non-hydrogen) atoms. The molecule has 4 aromatic carbocycles. The SMILES string of the molecule is CCN(Cc1ccncc1)Cc1ccn2ncnc(N[CH]3C(Cc4cccc(F)c4)N(C(C)C)[C](=O)[In]3[c]3ccc(N4CCN(c5ccc(OC[C@H]6OC[C@](Cn7cncn7)(c7ccc(F)cc7F)O6)cc5)CC4)cc3)c12. The van der Waals surface area contributed by atoms with Crippen LogP contribution in [0.3, 0.4) is 0 Å². The maximum absolute atomic E-state index is 15.1. The first-order valence-corrected chi connectivity index (χ1v) is 31.4. The summed E-state index contributed by atoms with van der Waals surface area (Å²) in [6.45, 7) is 11.9. The molecule has 3 saturated heterocycles. The van der Waals surface area contributed by atoms with Crippen LogP contribution in [0, 0.1) is 17.5 Å². The molecule has 0 saturated carbocycles. The van der Waals surface area contributed by atoms with E-state index in [1.54, 1.807) is 18.5 Å². The number of carbonyl (C=O) groups is 1. The van der Waals surface area contributed by atoms with Gasteiger partial charge in [-0.25, -0.2) is 18.4 Å². The summed E-state index contributed by atoms with van der Waals surface area (Å²) in [4.78, 5) is 37.3. The Hall–Kier alpha value is -7.00. The second kappa shape index (κ2) is 22.9. The summed E-state index contributed by atoms with van der Waals surface area (Å²) >= 11 is -3.57. The number of hydrogen-bond acceptors (Lipinski definition) is 13. The Kier molecular flexibility index (Phi) is 15.5. The summed E-state index contributed by atoms with van der Waals surface area (Å²) in [6, 6.07) is 32.6. The van der Waals surface area contributed by atoms with Crippen molar-refractivity contribution in [3.8, 4) is 5.75 Å². The van der Waals surface area contributed by atoms with Crippen LogP contribution >= 0.6 is 0 Å². The van der Waals surface area contributed by atoms with Gasteiger partial charge < -0.3 is 14.2 Å². The number of pyridine rings is 1. The predicted molar refractivity (Wildman–Crippen MR) is 288 cm³/mol. The van der Waals surface area contributed by atoms with E-state index in [0.29, 0.717) is 24.5 Å². The Bertz CT molecular complexity index is 3280. The van der Waals surface area contributed by atoms with Crippen molar-refractivity contribution >= 4 is 51.1 Å².